The van der Waals surface area contributed by atoms with E-state index >= 15 is 0 Å². The molecule has 1 aromatic heterocycles. The Labute approximate surface area is 107 Å². The van der Waals surface area contributed by atoms with Crippen molar-refractivity contribution in [2.45, 2.75) is 13.0 Å². The van der Waals surface area contributed by atoms with Crippen LogP contribution < -0.4 is 5.32 Å². The molecule has 2 unspecified atom stereocenters. The van der Waals surface area contributed by atoms with Crippen molar-refractivity contribution in [2.75, 3.05) is 12.0 Å². The smallest absolute Gasteiger partial charge is 0.354 e. The predicted molar refractivity (Wildman–Crippen MR) is 67.1 cm³/mol. The largest absolute Gasteiger partial charge is 0.477 e. The Morgan fingerprint density at radius 3 is 2.61 bits per heavy atom. The number of hydrogen-bond donors (Lipinski definition) is 2. The number of aromatic nitrogens is 1. The number of carbonyl (C=O) groups is 2. The minimum atomic E-state index is -1.14. The SMILES string of the molecule is CC(CS(C)=O)NC(=O)c1ccc(C(=O)O)nc1. The van der Waals surface area contributed by atoms with Crippen LogP contribution in [0.5, 0.6) is 0 Å². The van der Waals surface area contributed by atoms with E-state index in [4.69, 9.17) is 5.11 Å². The zero-order valence-electron chi connectivity index (χ0n) is 10.0. The average Bonchev–Trinajstić information content (AvgIpc) is 2.27. The third kappa shape index (κ3) is 4.25. The number of aromatic carboxylic acids is 1. The standard InChI is InChI=1S/C11H14N2O4S/c1-7(6-18(2)17)13-10(14)8-3-4-9(11(15)16)12-5-8/h3-5,7H,6H2,1-2H3,(H,13,14)(H,15,16). The third-order valence-corrected chi connectivity index (χ3v) is 3.08. The quantitative estimate of drug-likeness (QED) is 0.801. The first-order valence-corrected chi connectivity index (χ1v) is 6.93. The normalized spacial score (nSPS) is 13.7. The lowest BCUT2D eigenvalue weighted by molar-refractivity contribution is 0.0689. The van der Waals surface area contributed by atoms with Gasteiger partial charge in [0.15, 0.2) is 0 Å². The van der Waals surface area contributed by atoms with Crippen molar-refractivity contribution in [3.05, 3.63) is 29.6 Å². The zero-order chi connectivity index (χ0) is 13.7. The highest BCUT2D eigenvalue weighted by Gasteiger charge is 2.12. The molecule has 1 aromatic rings. The molecule has 0 saturated carbocycles. The van der Waals surface area contributed by atoms with Crippen molar-refractivity contribution >= 4 is 22.7 Å². The molecule has 0 bridgehead atoms. The molecule has 18 heavy (non-hydrogen) atoms. The number of nitrogens with one attached hydrogen (secondary N) is 1. The molecule has 98 valence electrons. The first-order valence-electron chi connectivity index (χ1n) is 5.20. The molecular weight excluding hydrogens is 256 g/mol. The molecule has 0 aliphatic carbocycles. The summed E-state index contributed by atoms with van der Waals surface area (Å²) in [5.74, 6) is -1.14. The average molecular weight is 270 g/mol. The molecule has 0 aliphatic heterocycles. The molecule has 7 heteroatoms. The lowest BCUT2D eigenvalue weighted by Gasteiger charge is -2.12. The second-order valence-electron chi connectivity index (χ2n) is 3.85. The number of carboxylic acids is 1. The van der Waals surface area contributed by atoms with Crippen LogP contribution in [0, 0.1) is 0 Å². The highest BCUT2D eigenvalue weighted by molar-refractivity contribution is 7.84. The van der Waals surface area contributed by atoms with Gasteiger partial charge in [-0.2, -0.15) is 0 Å². The van der Waals surface area contributed by atoms with E-state index in [1.54, 1.807) is 13.2 Å². The van der Waals surface area contributed by atoms with Gasteiger partial charge < -0.3 is 10.4 Å². The summed E-state index contributed by atoms with van der Waals surface area (Å²) in [5.41, 5.74) is 0.156. The van der Waals surface area contributed by atoms with Crippen LogP contribution in [0.4, 0.5) is 0 Å². The number of carboxylic acid groups (broad SMARTS) is 1. The number of amides is 1. The van der Waals surface area contributed by atoms with E-state index in [9.17, 15) is 13.8 Å². The maximum Gasteiger partial charge on any atom is 0.354 e. The van der Waals surface area contributed by atoms with E-state index in [1.165, 1.54) is 18.3 Å². The molecule has 0 aliphatic rings. The molecule has 2 atom stereocenters. The summed E-state index contributed by atoms with van der Waals surface area (Å²) in [6, 6.07) is 2.43. The molecule has 6 nitrogen and oxygen atoms in total. The first-order chi connectivity index (χ1) is 8.40. The highest BCUT2D eigenvalue weighted by Crippen LogP contribution is 2.01. The maximum atomic E-state index is 11.7. The van der Waals surface area contributed by atoms with E-state index in [2.05, 4.69) is 10.3 Å². The maximum absolute atomic E-state index is 11.7. The fraction of sp³-hybridized carbons (Fsp3) is 0.364. The third-order valence-electron chi connectivity index (χ3n) is 2.11. The van der Waals surface area contributed by atoms with Crippen molar-refractivity contribution < 1.29 is 18.9 Å². The number of carbonyl (C=O) groups excluding carboxylic acids is 1. The van der Waals surface area contributed by atoms with Gasteiger partial charge in [-0.15, -0.1) is 0 Å². The van der Waals surface area contributed by atoms with Gasteiger partial charge in [0, 0.05) is 35.0 Å². The lowest BCUT2D eigenvalue weighted by atomic mass is 10.2. The van der Waals surface area contributed by atoms with Gasteiger partial charge in [0.1, 0.15) is 5.69 Å². The van der Waals surface area contributed by atoms with Gasteiger partial charge in [-0.05, 0) is 19.1 Å². The minimum absolute atomic E-state index is 0.116. The fourth-order valence-electron chi connectivity index (χ4n) is 1.36. The molecule has 1 rings (SSSR count). The Hall–Kier alpha value is -1.76. The Kier molecular flexibility index (Phi) is 4.96. The van der Waals surface area contributed by atoms with E-state index in [0.29, 0.717) is 5.75 Å². The number of nitrogens with zero attached hydrogens (tertiary/aromatic N) is 1. The molecule has 0 radical (unpaired) electrons. The van der Waals surface area contributed by atoms with Gasteiger partial charge in [0.2, 0.25) is 0 Å². The molecule has 0 saturated heterocycles. The first kappa shape index (κ1) is 14.3. The van der Waals surface area contributed by atoms with E-state index in [-0.39, 0.29) is 23.2 Å². The van der Waals surface area contributed by atoms with E-state index in [0.717, 1.165) is 0 Å². The van der Waals surface area contributed by atoms with Crippen LogP contribution in [-0.2, 0) is 10.8 Å². The molecule has 2 N–H and O–H groups in total. The number of rotatable bonds is 5. The van der Waals surface area contributed by atoms with Gasteiger partial charge in [0.25, 0.3) is 5.91 Å². The van der Waals surface area contributed by atoms with Gasteiger partial charge in [-0.25, -0.2) is 9.78 Å². The Morgan fingerprint density at radius 1 is 1.50 bits per heavy atom. The Balaban J connectivity index is 2.67. The second-order valence-corrected chi connectivity index (χ2v) is 5.33. The minimum Gasteiger partial charge on any atom is -0.477 e. The van der Waals surface area contributed by atoms with Crippen LogP contribution in [-0.4, -0.2) is 44.2 Å². The molecule has 0 fully saturated rings. The lowest BCUT2D eigenvalue weighted by Crippen LogP contribution is -2.36. The van der Waals surface area contributed by atoms with Crippen LogP contribution in [0.2, 0.25) is 0 Å². The van der Waals surface area contributed by atoms with Crippen LogP contribution in [0.1, 0.15) is 27.8 Å². The van der Waals surface area contributed by atoms with Crippen molar-refractivity contribution in [3.8, 4) is 0 Å². The number of hydrogen-bond acceptors (Lipinski definition) is 4. The predicted octanol–water partition coefficient (Wildman–Crippen LogP) is 0.277. The van der Waals surface area contributed by atoms with E-state index < -0.39 is 16.8 Å². The molecule has 0 spiro atoms. The van der Waals surface area contributed by atoms with Crippen molar-refractivity contribution in [1.82, 2.24) is 10.3 Å². The Bertz CT molecular complexity index is 472. The molecule has 0 aromatic carbocycles. The van der Waals surface area contributed by atoms with Crippen molar-refractivity contribution in [1.29, 1.82) is 0 Å². The molecular formula is C11H14N2O4S. The monoisotopic (exact) mass is 270 g/mol. The molecule has 1 heterocycles. The van der Waals surface area contributed by atoms with E-state index in [1.807, 2.05) is 0 Å². The van der Waals surface area contributed by atoms with Crippen LogP contribution in [0.15, 0.2) is 18.3 Å². The number of pyridine rings is 1. The van der Waals surface area contributed by atoms with Gasteiger partial charge >= 0.3 is 5.97 Å². The highest BCUT2D eigenvalue weighted by atomic mass is 32.2. The zero-order valence-corrected chi connectivity index (χ0v) is 10.9. The van der Waals surface area contributed by atoms with Gasteiger partial charge in [-0.3, -0.25) is 9.00 Å². The van der Waals surface area contributed by atoms with Crippen LogP contribution >= 0.6 is 0 Å². The van der Waals surface area contributed by atoms with Crippen molar-refractivity contribution in [3.63, 3.8) is 0 Å². The molecule has 1 amide bonds. The summed E-state index contributed by atoms with van der Waals surface area (Å²) in [4.78, 5) is 26.0. The summed E-state index contributed by atoms with van der Waals surface area (Å²) in [6.07, 6.45) is 2.76. The van der Waals surface area contributed by atoms with Crippen LogP contribution in [0.25, 0.3) is 0 Å². The summed E-state index contributed by atoms with van der Waals surface area (Å²) in [7, 11) is -0.986. The fourth-order valence-corrected chi connectivity index (χ4v) is 2.14. The van der Waals surface area contributed by atoms with Crippen molar-refractivity contribution in [2.24, 2.45) is 0 Å². The summed E-state index contributed by atoms with van der Waals surface area (Å²) in [5, 5.41) is 11.3. The summed E-state index contributed by atoms with van der Waals surface area (Å²) < 4.78 is 11.0. The summed E-state index contributed by atoms with van der Waals surface area (Å²) >= 11 is 0. The topological polar surface area (TPSA) is 96.4 Å². The second kappa shape index (κ2) is 6.25. The van der Waals surface area contributed by atoms with Gasteiger partial charge in [-0.1, -0.05) is 0 Å². The van der Waals surface area contributed by atoms with Crippen LogP contribution in [0.3, 0.4) is 0 Å². The Morgan fingerprint density at radius 2 is 2.17 bits per heavy atom. The van der Waals surface area contributed by atoms with Gasteiger partial charge in [0.05, 0.1) is 5.56 Å². The summed E-state index contributed by atoms with van der Waals surface area (Å²) in [6.45, 7) is 1.75.